The average molecular weight is 1060 g/mol. The van der Waals surface area contributed by atoms with E-state index in [0.29, 0.717) is 19.3 Å². The fraction of sp³-hybridized carbons (Fsp3) is 0.592. The largest absolute Gasteiger partial charge is 0.462 e. The van der Waals surface area contributed by atoms with E-state index in [-0.39, 0.29) is 31.6 Å². The summed E-state index contributed by atoms with van der Waals surface area (Å²) in [5, 5.41) is 0. The summed E-state index contributed by atoms with van der Waals surface area (Å²) in [6, 6.07) is 0. The maximum atomic E-state index is 12.8. The molecule has 0 saturated heterocycles. The van der Waals surface area contributed by atoms with Crippen molar-refractivity contribution < 1.29 is 28.6 Å². The Balaban J connectivity index is 4.40. The third kappa shape index (κ3) is 61.8. The molecule has 0 spiro atoms. The summed E-state index contributed by atoms with van der Waals surface area (Å²) < 4.78 is 16.8. The van der Waals surface area contributed by atoms with E-state index >= 15 is 0 Å². The lowest BCUT2D eigenvalue weighted by atomic mass is 10.1. The van der Waals surface area contributed by atoms with Gasteiger partial charge in [-0.1, -0.05) is 262 Å². The van der Waals surface area contributed by atoms with E-state index in [9.17, 15) is 14.4 Å². The minimum atomic E-state index is -0.848. The van der Waals surface area contributed by atoms with Crippen molar-refractivity contribution in [3.05, 3.63) is 158 Å². The molecule has 0 aromatic heterocycles. The first-order valence-corrected chi connectivity index (χ1v) is 31.0. The van der Waals surface area contributed by atoms with Crippen molar-refractivity contribution in [2.45, 2.75) is 258 Å². The Morgan fingerprint density at radius 2 is 0.545 bits per heavy atom. The van der Waals surface area contributed by atoms with Crippen LogP contribution >= 0.6 is 0 Å². The summed E-state index contributed by atoms with van der Waals surface area (Å²) in [6.45, 7) is 6.28. The second kappa shape index (κ2) is 63.6. The first-order valence-electron chi connectivity index (χ1n) is 31.0. The van der Waals surface area contributed by atoms with Crippen LogP contribution in [-0.4, -0.2) is 37.2 Å². The van der Waals surface area contributed by atoms with Gasteiger partial charge in [-0.05, 0) is 128 Å². The van der Waals surface area contributed by atoms with Crippen molar-refractivity contribution in [2.24, 2.45) is 0 Å². The molecule has 0 aliphatic carbocycles. The van der Waals surface area contributed by atoms with E-state index in [1.54, 1.807) is 6.08 Å². The van der Waals surface area contributed by atoms with Crippen molar-refractivity contribution in [1.82, 2.24) is 0 Å². The van der Waals surface area contributed by atoms with Gasteiger partial charge in [-0.25, -0.2) is 0 Å². The molecule has 0 N–H and O–H groups in total. The highest BCUT2D eigenvalue weighted by Crippen LogP contribution is 2.14. The van der Waals surface area contributed by atoms with Crippen LogP contribution in [0.4, 0.5) is 0 Å². The number of hydrogen-bond acceptors (Lipinski definition) is 6. The number of ether oxygens (including phenoxy) is 3. The molecule has 0 bridgehead atoms. The number of rotatable bonds is 54. The van der Waals surface area contributed by atoms with E-state index in [2.05, 4.69) is 167 Å². The van der Waals surface area contributed by atoms with E-state index in [1.165, 1.54) is 70.6 Å². The van der Waals surface area contributed by atoms with Crippen LogP contribution in [0, 0.1) is 0 Å². The monoisotopic (exact) mass is 1060 g/mol. The normalized spacial score (nSPS) is 13.2. The molecule has 0 saturated carbocycles. The number of esters is 3. The molecule has 0 radical (unpaired) electrons. The minimum absolute atomic E-state index is 0.0863. The lowest BCUT2D eigenvalue weighted by Gasteiger charge is -2.18. The van der Waals surface area contributed by atoms with Crippen LogP contribution in [0.15, 0.2) is 158 Å². The fourth-order valence-corrected chi connectivity index (χ4v) is 7.96. The van der Waals surface area contributed by atoms with Gasteiger partial charge in [0.25, 0.3) is 0 Å². The maximum Gasteiger partial charge on any atom is 0.310 e. The Morgan fingerprint density at radius 3 is 0.857 bits per heavy atom. The Labute approximate surface area is 473 Å². The lowest BCUT2D eigenvalue weighted by Crippen LogP contribution is -2.30. The molecule has 77 heavy (non-hydrogen) atoms. The summed E-state index contributed by atoms with van der Waals surface area (Å²) >= 11 is 0. The molecule has 0 heterocycles. The second-order valence-corrected chi connectivity index (χ2v) is 19.9. The maximum absolute atomic E-state index is 12.8. The predicted octanol–water partition coefficient (Wildman–Crippen LogP) is 21.3. The van der Waals surface area contributed by atoms with E-state index in [1.807, 2.05) is 6.08 Å². The van der Waals surface area contributed by atoms with Crippen molar-refractivity contribution in [3.8, 4) is 0 Å². The molecule has 1 unspecified atom stereocenters. The van der Waals surface area contributed by atoms with Crippen molar-refractivity contribution >= 4 is 17.9 Å². The highest BCUT2D eigenvalue weighted by Gasteiger charge is 2.19. The SMILES string of the molecule is CC/C=C\C/C=C\C/C=C\C/C=C\C/C=C\C/C=C\CCCCCCCCCCCCC(=O)OCC(COC(=O)CCCCCCC/C=C\C/C=C\CCCCC)OC(=O)C/C=C\C/C=C\C/C=C\C/C=C\C/C=C\CC. The van der Waals surface area contributed by atoms with E-state index < -0.39 is 12.1 Å². The molecule has 432 valence electrons. The molecule has 0 amide bonds. The topological polar surface area (TPSA) is 78.9 Å². The van der Waals surface area contributed by atoms with Crippen molar-refractivity contribution in [3.63, 3.8) is 0 Å². The molecule has 0 aromatic rings. The van der Waals surface area contributed by atoms with Crippen LogP contribution in [0.1, 0.15) is 252 Å². The van der Waals surface area contributed by atoms with Crippen molar-refractivity contribution in [2.75, 3.05) is 13.2 Å². The molecule has 0 aromatic carbocycles. The zero-order chi connectivity index (χ0) is 55.7. The zero-order valence-corrected chi connectivity index (χ0v) is 49.4. The van der Waals surface area contributed by atoms with Gasteiger partial charge < -0.3 is 14.2 Å². The zero-order valence-electron chi connectivity index (χ0n) is 49.4. The molecule has 1 atom stereocenters. The van der Waals surface area contributed by atoms with E-state index in [4.69, 9.17) is 14.2 Å². The lowest BCUT2D eigenvalue weighted by molar-refractivity contribution is -0.166. The highest BCUT2D eigenvalue weighted by molar-refractivity contribution is 5.72. The molecule has 6 heteroatoms. The Morgan fingerprint density at radius 1 is 0.286 bits per heavy atom. The van der Waals surface area contributed by atoms with Crippen LogP contribution in [-0.2, 0) is 28.6 Å². The molecular formula is C71H112O6. The summed E-state index contributed by atoms with van der Waals surface area (Å²) in [4.78, 5) is 38.2. The fourth-order valence-electron chi connectivity index (χ4n) is 7.96. The third-order valence-electron chi connectivity index (χ3n) is 12.5. The molecular weight excluding hydrogens is 949 g/mol. The second-order valence-electron chi connectivity index (χ2n) is 19.9. The summed E-state index contributed by atoms with van der Waals surface area (Å²) in [5.41, 5.74) is 0. The summed E-state index contributed by atoms with van der Waals surface area (Å²) in [6.07, 6.45) is 92.7. The molecule has 0 fully saturated rings. The van der Waals surface area contributed by atoms with Gasteiger partial charge in [0.05, 0.1) is 6.42 Å². The Bertz CT molecular complexity index is 1740. The van der Waals surface area contributed by atoms with Gasteiger partial charge in [0.2, 0.25) is 0 Å². The van der Waals surface area contributed by atoms with Gasteiger partial charge in [-0.15, -0.1) is 0 Å². The predicted molar refractivity (Wildman–Crippen MR) is 334 cm³/mol. The standard InChI is InChI=1S/C71H112O6/c1-4-7-10-13-16-19-22-25-28-29-30-31-32-33-34-35-36-37-38-39-40-41-44-46-49-52-55-58-61-64-70(73)76-67-68(77-71(74)65-62-59-56-53-50-47-43-27-24-21-18-15-12-9-6-3)66-75-69(72)63-60-57-54-51-48-45-42-26-23-20-17-14-11-8-5-2/h7,9-10,12,16-21,25-28,30-31,33-34,36-37,42-43,50,53,59,62,68H,4-6,8,11,13-15,22-24,29,32,35,38-41,44-49,51-52,54-58,60-61,63-67H2,1-3H3/b10-7-,12-9-,19-16-,20-17-,21-18-,28-25-,31-30-,34-33-,37-36-,42-26-,43-27-,53-50-,62-59-. The van der Waals surface area contributed by atoms with Gasteiger partial charge in [0.1, 0.15) is 13.2 Å². The van der Waals surface area contributed by atoms with Crippen LogP contribution in [0.25, 0.3) is 0 Å². The minimum Gasteiger partial charge on any atom is -0.462 e. The van der Waals surface area contributed by atoms with E-state index in [0.717, 1.165) is 135 Å². The molecule has 0 rings (SSSR count). The number of unbranched alkanes of at least 4 members (excludes halogenated alkanes) is 18. The summed E-state index contributed by atoms with van der Waals surface area (Å²) in [5.74, 6) is -1.08. The number of allylic oxidation sites excluding steroid dienone is 25. The van der Waals surface area contributed by atoms with Gasteiger partial charge >= 0.3 is 17.9 Å². The quantitative estimate of drug-likeness (QED) is 0.0261. The van der Waals surface area contributed by atoms with Gasteiger partial charge in [-0.2, -0.15) is 0 Å². The smallest absolute Gasteiger partial charge is 0.310 e. The number of carbonyl (C=O) groups excluding carboxylic acids is 3. The van der Waals surface area contributed by atoms with Crippen LogP contribution in [0.3, 0.4) is 0 Å². The Kier molecular flexibility index (Phi) is 59.5. The van der Waals surface area contributed by atoms with Crippen LogP contribution in [0.2, 0.25) is 0 Å². The summed E-state index contributed by atoms with van der Waals surface area (Å²) in [7, 11) is 0. The Hall–Kier alpha value is -4.97. The third-order valence-corrected chi connectivity index (χ3v) is 12.5. The van der Waals surface area contributed by atoms with Gasteiger partial charge in [-0.3, -0.25) is 14.4 Å². The highest BCUT2D eigenvalue weighted by atomic mass is 16.6. The molecule has 6 nitrogen and oxygen atoms in total. The van der Waals surface area contributed by atoms with Crippen LogP contribution < -0.4 is 0 Å². The molecule has 0 aliphatic rings. The first kappa shape index (κ1) is 72.0. The van der Waals surface area contributed by atoms with Crippen molar-refractivity contribution in [1.29, 1.82) is 0 Å². The molecule has 0 aliphatic heterocycles. The van der Waals surface area contributed by atoms with Gasteiger partial charge in [0.15, 0.2) is 6.10 Å². The van der Waals surface area contributed by atoms with Gasteiger partial charge in [0, 0.05) is 12.8 Å². The average Bonchev–Trinajstić information content (AvgIpc) is 3.43. The first-order chi connectivity index (χ1) is 38.0. The number of hydrogen-bond donors (Lipinski definition) is 0. The van der Waals surface area contributed by atoms with Crippen LogP contribution in [0.5, 0.6) is 0 Å². The number of carbonyl (C=O) groups is 3.